The van der Waals surface area contributed by atoms with Gasteiger partial charge in [0.15, 0.2) is 5.96 Å². The Balaban J connectivity index is 1.66. The number of anilines is 1. The van der Waals surface area contributed by atoms with Crippen LogP contribution in [0, 0.1) is 0 Å². The van der Waals surface area contributed by atoms with E-state index in [1.54, 1.807) is 6.07 Å². The minimum Gasteiger partial charge on any atom is -0.506 e. The number of hydrogen-bond acceptors (Lipinski definition) is 4. The third-order valence-electron chi connectivity index (χ3n) is 4.81. The van der Waals surface area contributed by atoms with E-state index in [1.807, 2.05) is 43.3 Å². The Morgan fingerprint density at radius 2 is 1.75 bits per heavy atom. The highest BCUT2D eigenvalue weighted by Gasteiger charge is 2.21. The molecule has 0 bridgehead atoms. The summed E-state index contributed by atoms with van der Waals surface area (Å²) in [7, 11) is 0. The summed E-state index contributed by atoms with van der Waals surface area (Å²) in [4.78, 5) is 9.35. The van der Waals surface area contributed by atoms with Gasteiger partial charge in [0.2, 0.25) is 0 Å². The van der Waals surface area contributed by atoms with Crippen LogP contribution >= 0.6 is 0 Å². The van der Waals surface area contributed by atoms with Crippen molar-refractivity contribution in [2.45, 2.75) is 20.4 Å². The van der Waals surface area contributed by atoms with Crippen LogP contribution in [-0.4, -0.2) is 55.3 Å². The molecule has 2 N–H and O–H groups in total. The molecule has 2 aromatic rings. The summed E-state index contributed by atoms with van der Waals surface area (Å²) in [6.07, 6.45) is 0. The second-order valence-electron chi connectivity index (χ2n) is 6.67. The normalized spacial score (nSPS) is 14.9. The number of ether oxygens (including phenoxy) is 1. The number of aliphatic imine (C=N–C) groups is 1. The molecule has 0 spiro atoms. The van der Waals surface area contributed by atoms with Crippen LogP contribution in [0.5, 0.6) is 11.5 Å². The minimum absolute atomic E-state index is 0.337. The number of nitrogens with one attached hydrogen (secondary N) is 1. The molecule has 3 rings (SSSR count). The maximum Gasteiger partial charge on any atom is 0.194 e. The van der Waals surface area contributed by atoms with Crippen molar-refractivity contribution in [2.75, 3.05) is 44.2 Å². The lowest BCUT2D eigenvalue weighted by Crippen LogP contribution is -2.52. The molecule has 0 aromatic heterocycles. The predicted octanol–water partition coefficient (Wildman–Crippen LogP) is 3.08. The highest BCUT2D eigenvalue weighted by Crippen LogP contribution is 2.27. The van der Waals surface area contributed by atoms with E-state index >= 15 is 0 Å². The van der Waals surface area contributed by atoms with Gasteiger partial charge < -0.3 is 25.0 Å². The van der Waals surface area contributed by atoms with Gasteiger partial charge in [-0.15, -0.1) is 0 Å². The Hall–Kier alpha value is -2.89. The number of piperazine rings is 1. The van der Waals surface area contributed by atoms with Gasteiger partial charge in [-0.25, -0.2) is 4.99 Å². The van der Waals surface area contributed by atoms with Crippen molar-refractivity contribution < 1.29 is 9.84 Å². The molecule has 6 nitrogen and oxygen atoms in total. The van der Waals surface area contributed by atoms with E-state index in [0.29, 0.717) is 18.9 Å². The molecule has 28 heavy (non-hydrogen) atoms. The number of guanidine groups is 1. The molecule has 2 aromatic carbocycles. The lowest BCUT2D eigenvalue weighted by Gasteiger charge is -2.37. The summed E-state index contributed by atoms with van der Waals surface area (Å²) in [6.45, 7) is 9.53. The van der Waals surface area contributed by atoms with Crippen LogP contribution < -0.4 is 15.0 Å². The van der Waals surface area contributed by atoms with Gasteiger partial charge in [0, 0.05) is 38.3 Å². The van der Waals surface area contributed by atoms with E-state index in [0.717, 1.165) is 55.7 Å². The summed E-state index contributed by atoms with van der Waals surface area (Å²) in [5.74, 6) is 2.16. The first-order valence-electron chi connectivity index (χ1n) is 9.99. The first-order chi connectivity index (χ1) is 13.7. The molecule has 1 saturated heterocycles. The zero-order valence-corrected chi connectivity index (χ0v) is 16.8. The van der Waals surface area contributed by atoms with Crippen LogP contribution in [0.25, 0.3) is 0 Å². The van der Waals surface area contributed by atoms with Crippen LogP contribution in [0.4, 0.5) is 5.69 Å². The first-order valence-corrected chi connectivity index (χ1v) is 9.99. The Labute approximate surface area is 167 Å². The molecule has 1 aliphatic heterocycles. The number of hydrogen-bond donors (Lipinski definition) is 2. The van der Waals surface area contributed by atoms with Crippen molar-refractivity contribution in [1.82, 2.24) is 10.2 Å². The molecule has 0 radical (unpaired) electrons. The number of phenolic OH excluding ortho intramolecular Hbond substituents is 1. The second kappa shape index (κ2) is 9.88. The van der Waals surface area contributed by atoms with Crippen LogP contribution in [0.15, 0.2) is 53.5 Å². The van der Waals surface area contributed by atoms with E-state index < -0.39 is 0 Å². The van der Waals surface area contributed by atoms with Crippen molar-refractivity contribution in [3.63, 3.8) is 0 Å². The Bertz CT molecular complexity index is 786. The first kappa shape index (κ1) is 19.9. The van der Waals surface area contributed by atoms with Crippen LogP contribution in [0.3, 0.4) is 0 Å². The zero-order valence-electron chi connectivity index (χ0n) is 16.8. The maximum absolute atomic E-state index is 10.1. The maximum atomic E-state index is 10.1. The molecule has 1 aliphatic rings. The third kappa shape index (κ3) is 4.88. The summed E-state index contributed by atoms with van der Waals surface area (Å²) < 4.78 is 5.72. The van der Waals surface area contributed by atoms with Gasteiger partial charge in [0.1, 0.15) is 11.5 Å². The molecule has 1 fully saturated rings. The Morgan fingerprint density at radius 3 is 2.46 bits per heavy atom. The molecule has 0 atom stereocenters. The number of aromatic hydroxyl groups is 1. The topological polar surface area (TPSA) is 60.3 Å². The molecule has 0 amide bonds. The van der Waals surface area contributed by atoms with E-state index in [9.17, 15) is 5.11 Å². The van der Waals surface area contributed by atoms with Crippen molar-refractivity contribution >= 4 is 11.6 Å². The fourth-order valence-electron chi connectivity index (χ4n) is 3.41. The second-order valence-corrected chi connectivity index (χ2v) is 6.67. The molecule has 150 valence electrons. The molecule has 0 saturated carbocycles. The highest BCUT2D eigenvalue weighted by molar-refractivity contribution is 5.80. The van der Waals surface area contributed by atoms with Gasteiger partial charge in [-0.3, -0.25) is 0 Å². The minimum atomic E-state index is 0.337. The van der Waals surface area contributed by atoms with Crippen molar-refractivity contribution in [3.8, 4) is 11.5 Å². The largest absolute Gasteiger partial charge is 0.506 e. The van der Waals surface area contributed by atoms with Gasteiger partial charge >= 0.3 is 0 Å². The zero-order chi connectivity index (χ0) is 19.8. The van der Waals surface area contributed by atoms with Gasteiger partial charge in [0.25, 0.3) is 0 Å². The number of benzene rings is 2. The van der Waals surface area contributed by atoms with Gasteiger partial charge in [-0.1, -0.05) is 30.3 Å². The number of para-hydroxylation sites is 3. The average molecular weight is 383 g/mol. The summed E-state index contributed by atoms with van der Waals surface area (Å²) in [5.41, 5.74) is 1.99. The molecule has 0 aliphatic carbocycles. The summed E-state index contributed by atoms with van der Waals surface area (Å²) >= 11 is 0. The van der Waals surface area contributed by atoms with Crippen molar-refractivity contribution in [3.05, 3.63) is 54.1 Å². The molecular weight excluding hydrogens is 352 g/mol. The lowest BCUT2D eigenvalue weighted by atomic mass is 10.2. The molecule has 0 unspecified atom stereocenters. The van der Waals surface area contributed by atoms with Crippen molar-refractivity contribution in [1.29, 1.82) is 0 Å². The van der Waals surface area contributed by atoms with E-state index in [4.69, 9.17) is 9.73 Å². The van der Waals surface area contributed by atoms with E-state index in [2.05, 4.69) is 28.1 Å². The monoisotopic (exact) mass is 382 g/mol. The van der Waals surface area contributed by atoms with Crippen molar-refractivity contribution in [2.24, 2.45) is 4.99 Å². The third-order valence-corrected chi connectivity index (χ3v) is 4.81. The van der Waals surface area contributed by atoms with E-state index in [-0.39, 0.29) is 0 Å². The fraction of sp³-hybridized carbons (Fsp3) is 0.409. The number of nitrogens with zero attached hydrogens (tertiary/aromatic N) is 3. The fourth-order valence-corrected chi connectivity index (χ4v) is 3.41. The molecule has 6 heteroatoms. The highest BCUT2D eigenvalue weighted by atomic mass is 16.5. The smallest absolute Gasteiger partial charge is 0.194 e. The lowest BCUT2D eigenvalue weighted by molar-refractivity contribution is 0.336. The summed E-state index contributed by atoms with van der Waals surface area (Å²) in [5, 5.41) is 13.5. The standard InChI is InChI=1S/C22H30N4O2/c1-3-23-22(24-17-18-9-5-8-12-21(18)28-4-2)26-15-13-25(14-16-26)19-10-6-7-11-20(19)27/h5-12,27H,3-4,13-17H2,1-2H3,(H,23,24). The van der Waals surface area contributed by atoms with Crippen LogP contribution in [0.2, 0.25) is 0 Å². The predicted molar refractivity (Wildman–Crippen MR) is 114 cm³/mol. The van der Waals surface area contributed by atoms with Gasteiger partial charge in [-0.05, 0) is 32.0 Å². The van der Waals surface area contributed by atoms with Gasteiger partial charge in [-0.2, -0.15) is 0 Å². The van der Waals surface area contributed by atoms with Gasteiger partial charge in [0.05, 0.1) is 18.8 Å². The quantitative estimate of drug-likeness (QED) is 0.594. The SMILES string of the molecule is CCNC(=NCc1ccccc1OCC)N1CCN(c2ccccc2O)CC1. The average Bonchev–Trinajstić information content (AvgIpc) is 2.73. The van der Waals surface area contributed by atoms with E-state index in [1.165, 1.54) is 0 Å². The van der Waals surface area contributed by atoms with Crippen LogP contribution in [-0.2, 0) is 6.54 Å². The van der Waals surface area contributed by atoms with Crippen LogP contribution in [0.1, 0.15) is 19.4 Å². The molecular formula is C22H30N4O2. The molecule has 1 heterocycles. The number of phenols is 1. The number of rotatable bonds is 6. The Kier molecular flexibility index (Phi) is 7.00. The summed E-state index contributed by atoms with van der Waals surface area (Å²) in [6, 6.07) is 15.6. The Morgan fingerprint density at radius 1 is 1.04 bits per heavy atom.